The molecule has 0 aliphatic heterocycles. The Bertz CT molecular complexity index is 3180. The molecule has 11 rings (SSSR count). The van der Waals surface area contributed by atoms with Gasteiger partial charge < -0.3 is 9.13 Å². The molecule has 6 aromatic carbocycles. The highest BCUT2D eigenvalue weighted by Gasteiger charge is 2.18. The largest absolute Gasteiger partial charge is 0.309 e. The first-order valence-electron chi connectivity index (χ1n) is 18.7. The van der Waals surface area contributed by atoms with Crippen LogP contribution in [-0.2, 0) is 0 Å². The Morgan fingerprint density at radius 2 is 1.00 bits per heavy atom. The molecule has 0 radical (unpaired) electrons. The van der Waals surface area contributed by atoms with E-state index in [0.717, 1.165) is 83.7 Å². The minimum atomic E-state index is 0.664. The second-order valence-electron chi connectivity index (χ2n) is 14.0. The van der Waals surface area contributed by atoms with Gasteiger partial charge in [-0.15, -0.1) is 0 Å². The molecule has 5 heterocycles. The van der Waals surface area contributed by atoms with Crippen LogP contribution in [0.5, 0.6) is 0 Å². The fraction of sp³-hybridized carbons (Fsp3) is 0. The van der Waals surface area contributed by atoms with Crippen molar-refractivity contribution < 1.29 is 0 Å². The molecule has 0 fully saturated rings. The van der Waals surface area contributed by atoms with Crippen molar-refractivity contribution in [2.75, 3.05) is 0 Å². The van der Waals surface area contributed by atoms with Crippen LogP contribution in [0.2, 0.25) is 0 Å². The number of benzene rings is 6. The monoisotopic (exact) mass is 716 g/mol. The summed E-state index contributed by atoms with van der Waals surface area (Å²) in [6.07, 6.45) is 3.67. The third-order valence-electron chi connectivity index (χ3n) is 10.6. The second kappa shape index (κ2) is 13.0. The van der Waals surface area contributed by atoms with E-state index in [4.69, 9.17) is 15.0 Å². The van der Waals surface area contributed by atoms with Crippen LogP contribution in [0.1, 0.15) is 0 Å². The summed E-state index contributed by atoms with van der Waals surface area (Å²) in [6.45, 7) is 0. The quantitative estimate of drug-likeness (QED) is 0.172. The molecule has 0 aliphatic carbocycles. The van der Waals surface area contributed by atoms with Crippen LogP contribution < -0.4 is 0 Å². The Kier molecular flexibility index (Phi) is 7.38. The minimum absolute atomic E-state index is 0.664. The van der Waals surface area contributed by atoms with Crippen LogP contribution in [0, 0.1) is 0 Å². The van der Waals surface area contributed by atoms with Gasteiger partial charge in [-0.2, -0.15) is 0 Å². The number of fused-ring (bicyclic) bond motifs is 6. The zero-order valence-electron chi connectivity index (χ0n) is 30.2. The average Bonchev–Trinajstić information content (AvgIpc) is 3.79. The van der Waals surface area contributed by atoms with E-state index in [1.807, 2.05) is 66.9 Å². The molecule has 0 unspecified atom stereocenters. The van der Waals surface area contributed by atoms with Gasteiger partial charge in [0.05, 0.1) is 44.7 Å². The summed E-state index contributed by atoms with van der Waals surface area (Å²) in [5.74, 6) is 0.664. The normalized spacial score (nSPS) is 11.6. The summed E-state index contributed by atoms with van der Waals surface area (Å²) in [6, 6.07) is 63.6. The number of pyridine rings is 2. The SMILES string of the molecule is c1ccc(-c2nc(-c3cccc(-n4c5ccccc5c5cc(-c6ccc7c8ncccc8n(-c8ccccc8)c7c6)ccc54)c3)cc(-c3ccccn3)n2)cc1. The molecular weight excluding hydrogens is 685 g/mol. The second-order valence-corrected chi connectivity index (χ2v) is 14.0. The highest BCUT2D eigenvalue weighted by Crippen LogP contribution is 2.38. The van der Waals surface area contributed by atoms with E-state index in [2.05, 4.69) is 135 Å². The molecule has 0 spiro atoms. The lowest BCUT2D eigenvalue weighted by atomic mass is 10.0. The fourth-order valence-corrected chi connectivity index (χ4v) is 8.06. The van der Waals surface area contributed by atoms with Gasteiger partial charge in [-0.25, -0.2) is 9.97 Å². The van der Waals surface area contributed by atoms with Crippen molar-refractivity contribution >= 4 is 43.7 Å². The summed E-state index contributed by atoms with van der Waals surface area (Å²) < 4.78 is 4.68. The summed E-state index contributed by atoms with van der Waals surface area (Å²) in [5, 5.41) is 3.53. The molecule has 0 amide bonds. The number of para-hydroxylation sites is 2. The molecule has 11 aromatic rings. The number of hydrogen-bond acceptors (Lipinski definition) is 4. The molecule has 0 atom stereocenters. The molecule has 5 aromatic heterocycles. The molecular formula is C50H32N6. The zero-order valence-corrected chi connectivity index (χ0v) is 30.2. The van der Waals surface area contributed by atoms with Gasteiger partial charge in [-0.1, -0.05) is 97.1 Å². The van der Waals surface area contributed by atoms with Crippen molar-refractivity contribution in [3.63, 3.8) is 0 Å². The van der Waals surface area contributed by atoms with E-state index in [-0.39, 0.29) is 0 Å². The standard InChI is InChI=1S/C50H32N6/c1-3-13-33(14-4-1)50-53-43(32-44(54-50)42-20-9-10-27-51-42)36-15-11-18-38(29-36)56-45-21-8-7-19-39(45)41-30-34(24-26-46(41)56)35-23-25-40-48(31-35)55(37-16-5-2-6-17-37)47-22-12-28-52-49(40)47/h1-32H. The van der Waals surface area contributed by atoms with Crippen molar-refractivity contribution in [1.29, 1.82) is 0 Å². The summed E-state index contributed by atoms with van der Waals surface area (Å²) in [7, 11) is 0. The van der Waals surface area contributed by atoms with Gasteiger partial charge in [-0.05, 0) is 96.1 Å². The molecule has 0 saturated carbocycles. The van der Waals surface area contributed by atoms with Crippen molar-refractivity contribution in [2.24, 2.45) is 0 Å². The van der Waals surface area contributed by atoms with E-state index in [1.54, 1.807) is 6.20 Å². The van der Waals surface area contributed by atoms with Gasteiger partial charge in [-0.3, -0.25) is 9.97 Å². The molecule has 262 valence electrons. The van der Waals surface area contributed by atoms with E-state index in [0.29, 0.717) is 5.82 Å². The predicted molar refractivity (Wildman–Crippen MR) is 228 cm³/mol. The molecule has 56 heavy (non-hydrogen) atoms. The minimum Gasteiger partial charge on any atom is -0.309 e. The summed E-state index contributed by atoms with van der Waals surface area (Å²) in [5.41, 5.74) is 14.4. The lowest BCUT2D eigenvalue weighted by Crippen LogP contribution is -1.98. The third-order valence-corrected chi connectivity index (χ3v) is 10.6. The van der Waals surface area contributed by atoms with Crippen LogP contribution in [0.4, 0.5) is 0 Å². The molecule has 6 heteroatoms. The van der Waals surface area contributed by atoms with E-state index >= 15 is 0 Å². The highest BCUT2D eigenvalue weighted by molar-refractivity contribution is 6.11. The first kappa shape index (κ1) is 31.8. The fourth-order valence-electron chi connectivity index (χ4n) is 8.06. The maximum atomic E-state index is 5.10. The lowest BCUT2D eigenvalue weighted by molar-refractivity contribution is 1.15. The number of nitrogens with zero attached hydrogens (tertiary/aromatic N) is 6. The van der Waals surface area contributed by atoms with Crippen LogP contribution in [0.25, 0.3) is 100 Å². The van der Waals surface area contributed by atoms with Crippen molar-refractivity contribution in [2.45, 2.75) is 0 Å². The predicted octanol–water partition coefficient (Wildman–Crippen LogP) is 12.1. The van der Waals surface area contributed by atoms with Crippen LogP contribution >= 0.6 is 0 Å². The highest BCUT2D eigenvalue weighted by atomic mass is 15.0. The molecule has 0 saturated heterocycles. The van der Waals surface area contributed by atoms with Gasteiger partial charge in [0.1, 0.15) is 0 Å². The van der Waals surface area contributed by atoms with E-state index in [1.165, 1.54) is 10.8 Å². The molecule has 0 bridgehead atoms. The smallest absolute Gasteiger partial charge is 0.160 e. The Labute approximate surface area is 322 Å². The average molecular weight is 717 g/mol. The Morgan fingerprint density at radius 1 is 0.321 bits per heavy atom. The Morgan fingerprint density at radius 3 is 1.88 bits per heavy atom. The lowest BCUT2D eigenvalue weighted by Gasteiger charge is -2.12. The van der Waals surface area contributed by atoms with Gasteiger partial charge in [0.2, 0.25) is 0 Å². The van der Waals surface area contributed by atoms with Gasteiger partial charge in [0.25, 0.3) is 0 Å². The molecule has 6 nitrogen and oxygen atoms in total. The third kappa shape index (κ3) is 5.27. The van der Waals surface area contributed by atoms with Gasteiger partial charge in [0, 0.05) is 51.1 Å². The van der Waals surface area contributed by atoms with E-state index < -0.39 is 0 Å². The van der Waals surface area contributed by atoms with E-state index in [9.17, 15) is 0 Å². The van der Waals surface area contributed by atoms with Crippen LogP contribution in [0.15, 0.2) is 194 Å². The van der Waals surface area contributed by atoms with Gasteiger partial charge in [0.15, 0.2) is 5.82 Å². The molecule has 0 N–H and O–H groups in total. The number of hydrogen-bond donors (Lipinski definition) is 0. The summed E-state index contributed by atoms with van der Waals surface area (Å²) in [4.78, 5) is 19.5. The maximum Gasteiger partial charge on any atom is 0.160 e. The van der Waals surface area contributed by atoms with Crippen LogP contribution in [-0.4, -0.2) is 29.1 Å². The van der Waals surface area contributed by atoms with Crippen molar-refractivity contribution in [1.82, 2.24) is 29.1 Å². The van der Waals surface area contributed by atoms with Crippen molar-refractivity contribution in [3.05, 3.63) is 194 Å². The first-order chi connectivity index (χ1) is 27.8. The Hall–Kier alpha value is -7.70. The Balaban J connectivity index is 1.06. The number of aromatic nitrogens is 6. The molecule has 0 aliphatic rings. The first-order valence-corrected chi connectivity index (χ1v) is 18.7. The van der Waals surface area contributed by atoms with Gasteiger partial charge >= 0.3 is 0 Å². The number of rotatable bonds is 6. The summed E-state index contributed by atoms with van der Waals surface area (Å²) >= 11 is 0. The van der Waals surface area contributed by atoms with Crippen molar-refractivity contribution in [3.8, 4) is 56.5 Å². The maximum absolute atomic E-state index is 5.10. The topological polar surface area (TPSA) is 61.4 Å². The van der Waals surface area contributed by atoms with Crippen LogP contribution in [0.3, 0.4) is 0 Å². The zero-order chi connectivity index (χ0) is 37.0.